The molecule has 0 radical (unpaired) electrons. The van der Waals surface area contributed by atoms with Gasteiger partial charge in [0.05, 0.1) is 16.8 Å². The number of carbonyl (C=O) groups is 1. The second kappa shape index (κ2) is 10.9. The number of rotatable bonds is 7. The molecule has 5 rings (SSSR count). The van der Waals surface area contributed by atoms with E-state index in [9.17, 15) is 13.2 Å². The van der Waals surface area contributed by atoms with Gasteiger partial charge in [0, 0.05) is 10.6 Å². The van der Waals surface area contributed by atoms with Crippen LogP contribution in [0, 0.1) is 13.8 Å². The van der Waals surface area contributed by atoms with Crippen molar-refractivity contribution in [2.75, 3.05) is 10.8 Å². The summed E-state index contributed by atoms with van der Waals surface area (Å²) in [6, 6.07) is 29.5. The van der Waals surface area contributed by atoms with Crippen molar-refractivity contribution in [2.24, 2.45) is 5.10 Å². The highest BCUT2D eigenvalue weighted by Gasteiger charge is 2.28. The van der Waals surface area contributed by atoms with Crippen LogP contribution in [-0.4, -0.2) is 27.1 Å². The monoisotopic (exact) mass is 555 g/mol. The number of hydrogen-bond donors (Lipinski definition) is 1. The number of halogens is 1. The zero-order valence-electron chi connectivity index (χ0n) is 21.4. The molecule has 0 spiro atoms. The number of benzene rings is 5. The Balaban J connectivity index is 1.47. The van der Waals surface area contributed by atoms with Crippen LogP contribution in [0.2, 0.25) is 5.02 Å². The molecular formula is C31H26ClN3O3S. The van der Waals surface area contributed by atoms with Crippen LogP contribution in [0.25, 0.3) is 21.5 Å². The van der Waals surface area contributed by atoms with E-state index in [2.05, 4.69) is 16.6 Å². The fourth-order valence-electron chi connectivity index (χ4n) is 4.53. The van der Waals surface area contributed by atoms with Gasteiger partial charge in [-0.15, -0.1) is 0 Å². The quantitative estimate of drug-likeness (QED) is 0.139. The number of nitrogens with one attached hydrogen (secondary N) is 1. The molecule has 0 saturated heterocycles. The third-order valence-electron chi connectivity index (χ3n) is 6.60. The summed E-state index contributed by atoms with van der Waals surface area (Å²) in [5.74, 6) is -0.592. The summed E-state index contributed by atoms with van der Waals surface area (Å²) in [5, 5.41) is 8.71. The fourth-order valence-corrected chi connectivity index (χ4v) is 6.17. The van der Waals surface area contributed by atoms with E-state index in [1.165, 1.54) is 12.1 Å². The van der Waals surface area contributed by atoms with E-state index in [0.29, 0.717) is 16.3 Å². The predicted molar refractivity (Wildman–Crippen MR) is 159 cm³/mol. The molecule has 0 bridgehead atoms. The molecule has 0 aliphatic heterocycles. The Kier molecular flexibility index (Phi) is 7.37. The first-order valence-corrected chi connectivity index (χ1v) is 14.1. The predicted octanol–water partition coefficient (Wildman–Crippen LogP) is 6.61. The second-order valence-corrected chi connectivity index (χ2v) is 11.5. The minimum atomic E-state index is -4.08. The van der Waals surface area contributed by atoms with Crippen LogP contribution < -0.4 is 9.73 Å². The van der Waals surface area contributed by atoms with Crippen LogP contribution in [0.15, 0.2) is 107 Å². The molecule has 1 amide bonds. The van der Waals surface area contributed by atoms with Crippen LogP contribution >= 0.6 is 11.6 Å². The van der Waals surface area contributed by atoms with Gasteiger partial charge in [0.1, 0.15) is 6.54 Å². The summed E-state index contributed by atoms with van der Waals surface area (Å²) >= 11 is 6.31. The molecule has 0 heterocycles. The lowest BCUT2D eigenvalue weighted by Gasteiger charge is -2.25. The van der Waals surface area contributed by atoms with E-state index in [1.54, 1.807) is 43.5 Å². The van der Waals surface area contributed by atoms with Gasteiger partial charge >= 0.3 is 0 Å². The van der Waals surface area contributed by atoms with E-state index in [-0.39, 0.29) is 4.90 Å². The molecular weight excluding hydrogens is 530 g/mol. The van der Waals surface area contributed by atoms with E-state index >= 15 is 0 Å². The number of anilines is 1. The number of fused-ring (bicyclic) bond motifs is 2. The van der Waals surface area contributed by atoms with Gasteiger partial charge in [-0.3, -0.25) is 9.10 Å². The Morgan fingerprint density at radius 1 is 0.872 bits per heavy atom. The molecule has 5 aromatic rings. The normalized spacial score (nSPS) is 11.8. The van der Waals surface area contributed by atoms with Gasteiger partial charge in [0.15, 0.2) is 0 Å². The smallest absolute Gasteiger partial charge is 0.264 e. The van der Waals surface area contributed by atoms with Gasteiger partial charge in [0.2, 0.25) is 0 Å². The van der Waals surface area contributed by atoms with E-state index < -0.39 is 22.5 Å². The average molecular weight is 556 g/mol. The van der Waals surface area contributed by atoms with E-state index in [4.69, 9.17) is 11.6 Å². The molecule has 0 atom stereocenters. The number of aryl methyl sites for hydroxylation is 1. The first-order chi connectivity index (χ1) is 18.8. The highest BCUT2D eigenvalue weighted by molar-refractivity contribution is 7.92. The van der Waals surface area contributed by atoms with E-state index in [1.807, 2.05) is 55.5 Å². The van der Waals surface area contributed by atoms with Gasteiger partial charge in [0.25, 0.3) is 15.9 Å². The summed E-state index contributed by atoms with van der Waals surface area (Å²) in [7, 11) is -4.08. The first-order valence-electron chi connectivity index (χ1n) is 12.3. The van der Waals surface area contributed by atoms with Gasteiger partial charge in [-0.2, -0.15) is 5.10 Å². The number of nitrogens with zero attached hydrogens (tertiary/aromatic N) is 2. The number of amides is 1. The maximum absolute atomic E-state index is 13.7. The third kappa shape index (κ3) is 5.37. The standard InChI is InChI=1S/C31H26ClN3O3S/c1-21-14-16-25(17-15-21)39(37,38)35(30-13-7-12-29(32)22(30)2)20-31(36)34-33-19-28-26-10-5-3-8-23(26)18-24-9-4-6-11-27(24)28/h3-19H,20H2,1-2H3,(H,34,36). The maximum atomic E-state index is 13.7. The fraction of sp³-hybridized carbons (Fsp3) is 0.0968. The zero-order chi connectivity index (χ0) is 27.6. The van der Waals surface area contributed by atoms with Crippen molar-refractivity contribution in [3.8, 4) is 0 Å². The number of sulfonamides is 1. The summed E-state index contributed by atoms with van der Waals surface area (Å²) in [6.45, 7) is 3.11. The molecule has 8 heteroatoms. The van der Waals surface area contributed by atoms with Gasteiger partial charge in [-0.05, 0) is 71.3 Å². The molecule has 0 aromatic heterocycles. The van der Waals surface area contributed by atoms with Crippen molar-refractivity contribution >= 4 is 61.0 Å². The number of hydrazone groups is 1. The highest BCUT2D eigenvalue weighted by atomic mass is 35.5. The Labute approximate surface area is 232 Å². The number of hydrogen-bond acceptors (Lipinski definition) is 4. The van der Waals surface area contributed by atoms with Crippen LogP contribution in [0.3, 0.4) is 0 Å². The largest absolute Gasteiger partial charge is 0.271 e. The van der Waals surface area contributed by atoms with Crippen molar-refractivity contribution in [3.05, 3.63) is 119 Å². The molecule has 196 valence electrons. The first kappa shape index (κ1) is 26.4. The summed E-state index contributed by atoms with van der Waals surface area (Å²) in [6.07, 6.45) is 1.60. The minimum Gasteiger partial charge on any atom is -0.271 e. The van der Waals surface area contributed by atoms with Gasteiger partial charge in [-0.1, -0.05) is 83.9 Å². The maximum Gasteiger partial charge on any atom is 0.264 e. The van der Waals surface area contributed by atoms with Crippen LogP contribution in [0.1, 0.15) is 16.7 Å². The molecule has 6 nitrogen and oxygen atoms in total. The van der Waals surface area contributed by atoms with Gasteiger partial charge in [-0.25, -0.2) is 13.8 Å². The van der Waals surface area contributed by atoms with Crippen molar-refractivity contribution in [1.82, 2.24) is 5.43 Å². The lowest BCUT2D eigenvalue weighted by atomic mass is 9.97. The minimum absolute atomic E-state index is 0.0750. The molecule has 1 N–H and O–H groups in total. The van der Waals surface area contributed by atoms with Crippen molar-refractivity contribution < 1.29 is 13.2 Å². The molecule has 5 aromatic carbocycles. The summed E-state index contributed by atoms with van der Waals surface area (Å²) in [5.41, 5.74) is 5.17. The van der Waals surface area contributed by atoms with Crippen LogP contribution in [-0.2, 0) is 14.8 Å². The Morgan fingerprint density at radius 3 is 2.13 bits per heavy atom. The van der Waals surface area contributed by atoms with Crippen molar-refractivity contribution in [1.29, 1.82) is 0 Å². The molecule has 0 aliphatic carbocycles. The summed E-state index contributed by atoms with van der Waals surface area (Å²) in [4.78, 5) is 13.2. The summed E-state index contributed by atoms with van der Waals surface area (Å²) < 4.78 is 28.5. The second-order valence-electron chi connectivity index (χ2n) is 9.23. The Morgan fingerprint density at radius 2 is 1.49 bits per heavy atom. The average Bonchev–Trinajstić information content (AvgIpc) is 2.93. The van der Waals surface area contributed by atoms with Crippen molar-refractivity contribution in [2.45, 2.75) is 18.7 Å². The van der Waals surface area contributed by atoms with E-state index in [0.717, 1.165) is 37.0 Å². The molecule has 0 saturated carbocycles. The molecule has 0 aliphatic rings. The number of carbonyl (C=O) groups excluding carboxylic acids is 1. The third-order valence-corrected chi connectivity index (χ3v) is 8.78. The topological polar surface area (TPSA) is 78.8 Å². The SMILES string of the molecule is Cc1ccc(S(=O)(=O)N(CC(=O)NN=Cc2c3ccccc3cc3ccccc23)c2cccc(Cl)c2C)cc1. The van der Waals surface area contributed by atoms with Gasteiger partial charge < -0.3 is 0 Å². The molecule has 0 fully saturated rings. The Hall–Kier alpha value is -4.20. The lowest BCUT2D eigenvalue weighted by molar-refractivity contribution is -0.119. The van der Waals surface area contributed by atoms with Crippen LogP contribution in [0.4, 0.5) is 5.69 Å². The highest BCUT2D eigenvalue weighted by Crippen LogP contribution is 2.31. The molecule has 39 heavy (non-hydrogen) atoms. The zero-order valence-corrected chi connectivity index (χ0v) is 23.0. The lowest BCUT2D eigenvalue weighted by Crippen LogP contribution is -2.40. The van der Waals surface area contributed by atoms with Crippen molar-refractivity contribution in [3.63, 3.8) is 0 Å². The van der Waals surface area contributed by atoms with Crippen LogP contribution in [0.5, 0.6) is 0 Å². The Bertz CT molecular complexity index is 1780. The molecule has 0 unspecified atom stereocenters.